The van der Waals surface area contributed by atoms with Crippen molar-refractivity contribution in [1.82, 2.24) is 10.3 Å². The quantitative estimate of drug-likeness (QED) is 0.671. The van der Waals surface area contributed by atoms with E-state index in [1.165, 1.54) is 17.2 Å². The van der Waals surface area contributed by atoms with Gasteiger partial charge < -0.3 is 16.0 Å². The average molecular weight is 337 g/mol. The third-order valence-electron chi connectivity index (χ3n) is 5.21. The number of rotatable bonds is 2. The number of benzene rings is 2. The SMILES string of the molecule is Cc1[nH]c2c(C(N)=O)c(F)cc(-c3cccc4c3CNCC4)c2c1C. The number of primary amides is 1. The normalized spacial score (nSPS) is 13.9. The standard InChI is InChI=1S/C20H20FN3O/c1-10-11(2)24-19-17(10)14(8-16(21)18(19)20(22)25)13-5-3-4-12-6-7-23-9-15(12)13/h3-5,8,23-24H,6-7,9H2,1-2H3,(H2,22,25). The lowest BCUT2D eigenvalue weighted by Crippen LogP contribution is -2.24. The molecule has 2 heterocycles. The van der Waals surface area contributed by atoms with Crippen LogP contribution in [-0.2, 0) is 13.0 Å². The summed E-state index contributed by atoms with van der Waals surface area (Å²) >= 11 is 0. The summed E-state index contributed by atoms with van der Waals surface area (Å²) in [7, 11) is 0. The number of hydrogen-bond acceptors (Lipinski definition) is 2. The lowest BCUT2D eigenvalue weighted by atomic mass is 9.88. The Bertz CT molecular complexity index is 1020. The molecule has 0 unspecified atom stereocenters. The minimum atomic E-state index is -0.757. The Balaban J connectivity index is 2.11. The van der Waals surface area contributed by atoms with Crippen LogP contribution in [0, 0.1) is 19.7 Å². The molecule has 128 valence electrons. The Morgan fingerprint density at radius 1 is 1.24 bits per heavy atom. The summed E-state index contributed by atoms with van der Waals surface area (Å²) in [5.74, 6) is -1.34. The van der Waals surface area contributed by atoms with Gasteiger partial charge in [0.15, 0.2) is 0 Å². The van der Waals surface area contributed by atoms with Crippen LogP contribution < -0.4 is 11.1 Å². The molecule has 0 atom stereocenters. The van der Waals surface area contributed by atoms with Gasteiger partial charge in [-0.25, -0.2) is 4.39 Å². The monoisotopic (exact) mass is 337 g/mol. The van der Waals surface area contributed by atoms with E-state index >= 15 is 0 Å². The number of fused-ring (bicyclic) bond motifs is 2. The fourth-order valence-electron chi connectivity index (χ4n) is 3.85. The average Bonchev–Trinajstić information content (AvgIpc) is 2.88. The van der Waals surface area contributed by atoms with Gasteiger partial charge in [0.25, 0.3) is 5.91 Å². The Hall–Kier alpha value is -2.66. The van der Waals surface area contributed by atoms with Gasteiger partial charge in [0.2, 0.25) is 0 Å². The Kier molecular flexibility index (Phi) is 3.62. The summed E-state index contributed by atoms with van der Waals surface area (Å²) in [4.78, 5) is 14.9. The zero-order chi connectivity index (χ0) is 17.7. The molecule has 0 bridgehead atoms. The molecular weight excluding hydrogens is 317 g/mol. The Morgan fingerprint density at radius 3 is 2.80 bits per heavy atom. The molecule has 0 aliphatic carbocycles. The largest absolute Gasteiger partial charge is 0.365 e. The maximum atomic E-state index is 14.8. The number of aromatic amines is 1. The summed E-state index contributed by atoms with van der Waals surface area (Å²) in [5, 5.41) is 4.25. The van der Waals surface area contributed by atoms with E-state index in [-0.39, 0.29) is 5.56 Å². The fourth-order valence-corrected chi connectivity index (χ4v) is 3.85. The van der Waals surface area contributed by atoms with Gasteiger partial charge in [0, 0.05) is 17.6 Å². The van der Waals surface area contributed by atoms with Gasteiger partial charge in [-0.3, -0.25) is 4.79 Å². The van der Waals surface area contributed by atoms with E-state index in [4.69, 9.17) is 5.73 Å². The van der Waals surface area contributed by atoms with Crippen molar-refractivity contribution in [2.45, 2.75) is 26.8 Å². The molecule has 0 radical (unpaired) electrons. The first-order valence-corrected chi connectivity index (χ1v) is 8.42. The second-order valence-electron chi connectivity index (χ2n) is 6.64. The molecule has 0 saturated carbocycles. The van der Waals surface area contributed by atoms with Gasteiger partial charge in [-0.2, -0.15) is 0 Å². The fraction of sp³-hybridized carbons (Fsp3) is 0.250. The van der Waals surface area contributed by atoms with Crippen LogP contribution >= 0.6 is 0 Å². The first kappa shape index (κ1) is 15.8. The van der Waals surface area contributed by atoms with Crippen molar-refractivity contribution >= 4 is 16.8 Å². The van der Waals surface area contributed by atoms with E-state index in [0.717, 1.165) is 47.3 Å². The number of halogens is 1. The van der Waals surface area contributed by atoms with E-state index in [2.05, 4.69) is 16.4 Å². The Labute approximate surface area is 145 Å². The van der Waals surface area contributed by atoms with Crippen LogP contribution in [0.3, 0.4) is 0 Å². The number of nitrogens with one attached hydrogen (secondary N) is 2. The second kappa shape index (κ2) is 5.70. The summed E-state index contributed by atoms with van der Waals surface area (Å²) in [6.45, 7) is 5.61. The summed E-state index contributed by atoms with van der Waals surface area (Å²) in [5.41, 5.74) is 12.1. The minimum Gasteiger partial charge on any atom is -0.365 e. The topological polar surface area (TPSA) is 70.9 Å². The lowest BCUT2D eigenvalue weighted by molar-refractivity contribution is 0.0998. The zero-order valence-electron chi connectivity index (χ0n) is 14.3. The maximum Gasteiger partial charge on any atom is 0.253 e. The third kappa shape index (κ3) is 2.35. The van der Waals surface area contributed by atoms with E-state index < -0.39 is 11.7 Å². The van der Waals surface area contributed by atoms with Gasteiger partial charge in [-0.05, 0) is 60.7 Å². The predicted molar refractivity (Wildman–Crippen MR) is 97.1 cm³/mol. The molecule has 1 aromatic heterocycles. The van der Waals surface area contributed by atoms with Crippen LogP contribution in [0.2, 0.25) is 0 Å². The van der Waals surface area contributed by atoms with Crippen molar-refractivity contribution in [1.29, 1.82) is 0 Å². The molecule has 4 N–H and O–H groups in total. The molecular formula is C20H20FN3O. The Morgan fingerprint density at radius 2 is 2.04 bits per heavy atom. The van der Waals surface area contributed by atoms with Gasteiger partial charge in [0.05, 0.1) is 11.1 Å². The number of hydrogen-bond donors (Lipinski definition) is 3. The van der Waals surface area contributed by atoms with Crippen molar-refractivity contribution in [3.05, 3.63) is 58.0 Å². The number of aryl methyl sites for hydroxylation is 2. The summed E-state index contributed by atoms with van der Waals surface area (Å²) in [6.07, 6.45) is 0.958. The molecule has 0 spiro atoms. The molecule has 4 nitrogen and oxygen atoms in total. The lowest BCUT2D eigenvalue weighted by Gasteiger charge is -2.21. The van der Waals surface area contributed by atoms with Gasteiger partial charge in [0.1, 0.15) is 5.82 Å². The van der Waals surface area contributed by atoms with Crippen LogP contribution in [0.25, 0.3) is 22.0 Å². The van der Waals surface area contributed by atoms with Crippen molar-refractivity contribution in [3.8, 4) is 11.1 Å². The summed E-state index contributed by atoms with van der Waals surface area (Å²) < 4.78 is 14.8. The first-order chi connectivity index (χ1) is 12.0. The number of aromatic nitrogens is 1. The zero-order valence-corrected chi connectivity index (χ0v) is 14.3. The molecule has 1 aliphatic heterocycles. The van der Waals surface area contributed by atoms with E-state index in [9.17, 15) is 9.18 Å². The van der Waals surface area contributed by atoms with Crippen molar-refractivity contribution in [2.75, 3.05) is 6.54 Å². The number of carbonyl (C=O) groups excluding carboxylic acids is 1. The molecule has 25 heavy (non-hydrogen) atoms. The molecule has 5 heteroatoms. The summed E-state index contributed by atoms with van der Waals surface area (Å²) in [6, 6.07) is 7.61. The van der Waals surface area contributed by atoms with Crippen LogP contribution in [0.5, 0.6) is 0 Å². The highest BCUT2D eigenvalue weighted by atomic mass is 19.1. The maximum absolute atomic E-state index is 14.8. The molecule has 2 aromatic carbocycles. The number of H-pyrrole nitrogens is 1. The number of carbonyl (C=O) groups is 1. The predicted octanol–water partition coefficient (Wildman–Crippen LogP) is 3.34. The van der Waals surface area contributed by atoms with Gasteiger partial charge in [-0.1, -0.05) is 18.2 Å². The van der Waals surface area contributed by atoms with E-state index in [1.54, 1.807) is 0 Å². The minimum absolute atomic E-state index is 0.0714. The smallest absolute Gasteiger partial charge is 0.253 e. The molecule has 0 saturated heterocycles. The second-order valence-corrected chi connectivity index (χ2v) is 6.64. The molecule has 1 aliphatic rings. The van der Waals surface area contributed by atoms with Crippen LogP contribution in [-0.4, -0.2) is 17.4 Å². The molecule has 4 rings (SSSR count). The highest BCUT2D eigenvalue weighted by molar-refractivity contribution is 6.11. The van der Waals surface area contributed by atoms with Crippen LogP contribution in [0.4, 0.5) is 4.39 Å². The molecule has 1 amide bonds. The highest BCUT2D eigenvalue weighted by Gasteiger charge is 2.23. The van der Waals surface area contributed by atoms with E-state index in [1.807, 2.05) is 26.0 Å². The third-order valence-corrected chi connectivity index (χ3v) is 5.21. The van der Waals surface area contributed by atoms with Crippen LogP contribution in [0.15, 0.2) is 24.3 Å². The van der Waals surface area contributed by atoms with Gasteiger partial charge in [-0.15, -0.1) is 0 Å². The molecule has 0 fully saturated rings. The van der Waals surface area contributed by atoms with Gasteiger partial charge >= 0.3 is 0 Å². The number of amides is 1. The number of nitrogens with two attached hydrogens (primary N) is 1. The van der Waals surface area contributed by atoms with E-state index in [0.29, 0.717) is 5.52 Å². The van der Waals surface area contributed by atoms with Crippen LogP contribution in [0.1, 0.15) is 32.7 Å². The first-order valence-electron chi connectivity index (χ1n) is 8.42. The molecule has 3 aromatic rings. The van der Waals surface area contributed by atoms with Crippen molar-refractivity contribution in [3.63, 3.8) is 0 Å². The van der Waals surface area contributed by atoms with Crippen molar-refractivity contribution < 1.29 is 9.18 Å². The highest BCUT2D eigenvalue weighted by Crippen LogP contribution is 2.38. The van der Waals surface area contributed by atoms with Crippen molar-refractivity contribution in [2.24, 2.45) is 5.73 Å².